The van der Waals surface area contributed by atoms with E-state index < -0.39 is 0 Å². The molecule has 0 spiro atoms. The third-order valence-corrected chi connectivity index (χ3v) is 10.1. The Morgan fingerprint density at radius 2 is 0.712 bits per heavy atom. The lowest BCUT2D eigenvalue weighted by atomic mass is 9.84. The summed E-state index contributed by atoms with van der Waals surface area (Å²) in [6.07, 6.45) is 16.5. The molecule has 4 fully saturated rings. The molecule has 0 N–H and O–H groups in total. The second kappa shape index (κ2) is 20.0. The summed E-state index contributed by atoms with van der Waals surface area (Å²) in [5.74, 6) is 1.72. The van der Waals surface area contributed by atoms with Gasteiger partial charge in [0.25, 0.3) is 0 Å². The number of piperidine rings is 1. The van der Waals surface area contributed by atoms with E-state index in [0.717, 1.165) is 36.0 Å². The summed E-state index contributed by atoms with van der Waals surface area (Å²) >= 11 is 0. The van der Waals surface area contributed by atoms with Crippen molar-refractivity contribution in [1.29, 1.82) is 0 Å². The zero-order chi connectivity index (χ0) is 38.0. The quantitative estimate of drug-likeness (QED) is 0.230. The van der Waals surface area contributed by atoms with E-state index in [4.69, 9.17) is 0 Å². The highest BCUT2D eigenvalue weighted by Gasteiger charge is 2.44. The van der Waals surface area contributed by atoms with Crippen LogP contribution in [-0.2, 0) is 0 Å². The van der Waals surface area contributed by atoms with Crippen LogP contribution in [0.5, 0.6) is 0 Å². The van der Waals surface area contributed by atoms with Crippen LogP contribution < -0.4 is 0 Å². The molecule has 4 heteroatoms. The van der Waals surface area contributed by atoms with Crippen molar-refractivity contribution in [1.82, 2.24) is 19.6 Å². The van der Waals surface area contributed by atoms with Crippen molar-refractivity contribution in [2.24, 2.45) is 22.7 Å². The van der Waals surface area contributed by atoms with Gasteiger partial charge in [0.1, 0.15) is 0 Å². The van der Waals surface area contributed by atoms with E-state index in [0.29, 0.717) is 33.0 Å². The van der Waals surface area contributed by atoms with E-state index in [1.807, 2.05) is 0 Å². The second-order valence-electron chi connectivity index (χ2n) is 23.4. The lowest BCUT2D eigenvalue weighted by Gasteiger charge is -2.58. The minimum Gasteiger partial charge on any atom is -0.295 e. The molecule has 6 aliphatic rings. The molecule has 0 amide bonds. The molecule has 6 unspecified atom stereocenters. The summed E-state index contributed by atoms with van der Waals surface area (Å²) in [6, 6.07) is 3.06. The minimum atomic E-state index is 0. The number of fused-ring (bicyclic) bond motifs is 6. The molecule has 4 saturated heterocycles. The van der Waals surface area contributed by atoms with E-state index in [9.17, 15) is 0 Å². The first-order valence-electron chi connectivity index (χ1n) is 20.3. The van der Waals surface area contributed by atoms with Crippen LogP contribution in [0.15, 0.2) is 24.3 Å². The molecule has 6 bridgehead atoms. The highest BCUT2D eigenvalue weighted by molar-refractivity contribution is 5.15. The molecule has 0 aromatic rings. The average molecular weight is 733 g/mol. The zero-order valence-corrected chi connectivity index (χ0v) is 36.9. The summed E-state index contributed by atoms with van der Waals surface area (Å²) in [6.45, 7) is 50.6. The fourth-order valence-corrected chi connectivity index (χ4v) is 8.31. The molecule has 6 rings (SSSR count). The number of rotatable bonds is 0. The molecule has 6 atom stereocenters. The monoisotopic (exact) mass is 733 g/mol. The maximum absolute atomic E-state index is 2.80. The zero-order valence-electron chi connectivity index (χ0n) is 36.9. The van der Waals surface area contributed by atoms with E-state index in [-0.39, 0.29) is 22.3 Å². The van der Waals surface area contributed by atoms with Crippen LogP contribution in [0.2, 0.25) is 0 Å². The van der Waals surface area contributed by atoms with Crippen LogP contribution in [0, 0.1) is 22.7 Å². The molecule has 4 heterocycles. The van der Waals surface area contributed by atoms with Gasteiger partial charge >= 0.3 is 0 Å². The molecular weight excluding hydrogens is 633 g/mol. The average Bonchev–Trinajstić information content (AvgIpc) is 3.67. The Bertz CT molecular complexity index is 963. The highest BCUT2D eigenvalue weighted by Crippen LogP contribution is 2.38. The van der Waals surface area contributed by atoms with Crippen LogP contribution >= 0.6 is 0 Å². The van der Waals surface area contributed by atoms with Crippen molar-refractivity contribution in [3.8, 4) is 0 Å². The van der Waals surface area contributed by atoms with Gasteiger partial charge in [0, 0.05) is 72.5 Å². The molecule has 0 aromatic heterocycles. The Kier molecular flexibility index (Phi) is 20.5. The fraction of sp³-hybridized carbons (Fsp3) is 0.917. The van der Waals surface area contributed by atoms with Gasteiger partial charge in [-0.25, -0.2) is 0 Å². The van der Waals surface area contributed by atoms with Crippen LogP contribution in [-0.4, -0.2) is 92.1 Å². The van der Waals surface area contributed by atoms with Crippen molar-refractivity contribution < 1.29 is 0 Å². The van der Waals surface area contributed by atoms with Gasteiger partial charge in [-0.3, -0.25) is 19.6 Å². The summed E-state index contributed by atoms with van der Waals surface area (Å²) in [5.41, 5.74) is 2.39. The fourth-order valence-electron chi connectivity index (χ4n) is 8.31. The second-order valence-corrected chi connectivity index (χ2v) is 23.4. The molecule has 0 saturated carbocycles. The molecule has 0 radical (unpaired) electrons. The first-order valence-corrected chi connectivity index (χ1v) is 20.3. The van der Waals surface area contributed by atoms with E-state index in [1.165, 1.54) is 58.3 Å². The van der Waals surface area contributed by atoms with Crippen molar-refractivity contribution in [2.75, 3.05) is 26.2 Å². The van der Waals surface area contributed by atoms with Gasteiger partial charge in [0.05, 0.1) is 0 Å². The largest absolute Gasteiger partial charge is 0.295 e. The van der Waals surface area contributed by atoms with Gasteiger partial charge in [0.15, 0.2) is 0 Å². The molecule has 0 aromatic carbocycles. The Morgan fingerprint density at radius 3 is 0.885 bits per heavy atom. The number of piperazine rings is 1. The molecular formula is C48H100N4. The van der Waals surface area contributed by atoms with Crippen molar-refractivity contribution in [2.45, 2.75) is 239 Å². The third kappa shape index (κ3) is 18.3. The highest BCUT2D eigenvalue weighted by atomic mass is 15.4. The SMILES string of the molecule is C.C.C.CC(C)(C)C.CC(C)(C)C.CC(C)(C)N1CC2C=CC1C2.CC(C)(C)N1CC2C=CC1C2.CC(C)(C)N1CC2CCCC(C1)N2C(C)(C)C. The summed E-state index contributed by atoms with van der Waals surface area (Å²) in [7, 11) is 0. The van der Waals surface area contributed by atoms with Gasteiger partial charge in [-0.05, 0) is 131 Å². The topological polar surface area (TPSA) is 13.0 Å². The van der Waals surface area contributed by atoms with Gasteiger partial charge in [-0.2, -0.15) is 0 Å². The van der Waals surface area contributed by atoms with Gasteiger partial charge < -0.3 is 0 Å². The Morgan fingerprint density at radius 1 is 0.404 bits per heavy atom. The number of hydrogen-bond donors (Lipinski definition) is 0. The van der Waals surface area contributed by atoms with E-state index >= 15 is 0 Å². The maximum atomic E-state index is 2.80. The third-order valence-electron chi connectivity index (χ3n) is 10.1. The van der Waals surface area contributed by atoms with E-state index in [2.05, 4.69) is 182 Å². The molecule has 52 heavy (non-hydrogen) atoms. The van der Waals surface area contributed by atoms with Crippen LogP contribution in [0.1, 0.15) is 193 Å². The Balaban J connectivity index is 0. The number of likely N-dealkylation sites (tertiary alicyclic amines) is 3. The number of hydrogen-bond acceptors (Lipinski definition) is 4. The predicted molar refractivity (Wildman–Crippen MR) is 240 cm³/mol. The summed E-state index contributed by atoms with van der Waals surface area (Å²) in [4.78, 5) is 10.7. The lowest BCUT2D eigenvalue weighted by Crippen LogP contribution is -2.68. The van der Waals surface area contributed by atoms with Crippen molar-refractivity contribution >= 4 is 0 Å². The van der Waals surface area contributed by atoms with Gasteiger partial charge in [0.2, 0.25) is 0 Å². The number of nitrogens with zero attached hydrogens (tertiary/aromatic N) is 4. The van der Waals surface area contributed by atoms with Gasteiger partial charge in [-0.1, -0.05) is 108 Å². The Labute approximate surface area is 331 Å². The molecule has 4 nitrogen and oxygen atoms in total. The van der Waals surface area contributed by atoms with Crippen LogP contribution in [0.3, 0.4) is 0 Å². The maximum Gasteiger partial charge on any atom is 0.0289 e. The lowest BCUT2D eigenvalue weighted by molar-refractivity contribution is -0.0846. The molecule has 312 valence electrons. The minimum absolute atomic E-state index is 0. The van der Waals surface area contributed by atoms with Gasteiger partial charge in [-0.15, -0.1) is 0 Å². The first kappa shape index (κ1) is 53.4. The first-order chi connectivity index (χ1) is 21.8. The summed E-state index contributed by atoms with van der Waals surface area (Å²) < 4.78 is 0. The Hall–Kier alpha value is -0.680. The van der Waals surface area contributed by atoms with Crippen molar-refractivity contribution in [3.63, 3.8) is 0 Å². The smallest absolute Gasteiger partial charge is 0.0289 e. The van der Waals surface area contributed by atoms with Crippen LogP contribution in [0.4, 0.5) is 0 Å². The van der Waals surface area contributed by atoms with E-state index in [1.54, 1.807) is 0 Å². The van der Waals surface area contributed by atoms with Crippen LogP contribution in [0.25, 0.3) is 0 Å². The van der Waals surface area contributed by atoms with Crippen molar-refractivity contribution in [3.05, 3.63) is 24.3 Å². The summed E-state index contributed by atoms with van der Waals surface area (Å²) in [5, 5.41) is 0. The predicted octanol–water partition coefficient (Wildman–Crippen LogP) is 13.2. The standard InChI is InChI=1S/C15H30N2.2C10H17N.2C5H12.3CH4/c1-14(2,3)16-10-12-8-7-9-13(11-16)17(12)15(4,5)6;2*1-10(2,3)11-7-8-4-5-9(11)6-8;2*1-5(2,3)4;;;/h12-13H,7-11H2,1-6H3;2*4-5,8-9H,6-7H2,1-3H3;2*1-4H3;3*1H4. The molecule has 2 aliphatic carbocycles. The molecule has 4 aliphatic heterocycles. The normalized spacial score (nSPS) is 28.7.